The van der Waals surface area contributed by atoms with E-state index in [4.69, 9.17) is 15.9 Å². The zero-order valence-electron chi connectivity index (χ0n) is 15.3. The second-order valence-corrected chi connectivity index (χ2v) is 8.23. The lowest BCUT2D eigenvalue weighted by atomic mass is 9.94. The van der Waals surface area contributed by atoms with E-state index in [0.717, 1.165) is 37.0 Å². The molecule has 0 spiro atoms. The molecular weight excluding hydrogens is 493 g/mol. The van der Waals surface area contributed by atoms with Crippen LogP contribution in [0.3, 0.4) is 0 Å². The van der Waals surface area contributed by atoms with Gasteiger partial charge in [-0.15, -0.1) is 11.3 Å². The third-order valence-electron chi connectivity index (χ3n) is 4.70. The molecule has 1 fully saturated rings. The van der Waals surface area contributed by atoms with Gasteiger partial charge in [-0.3, -0.25) is 5.41 Å². The summed E-state index contributed by atoms with van der Waals surface area (Å²) in [6, 6.07) is 3.79. The Bertz CT molecular complexity index is 880. The number of nitrogens with one attached hydrogen (secondary N) is 3. The number of rotatable bonds is 6. The molecule has 1 saturated carbocycles. The van der Waals surface area contributed by atoms with E-state index in [1.807, 2.05) is 22.9 Å². The Balaban J connectivity index is 1.81. The average Bonchev–Trinajstić information content (AvgIpc) is 3.02. The van der Waals surface area contributed by atoms with Crippen LogP contribution in [0.4, 0.5) is 10.7 Å². The Kier molecular flexibility index (Phi) is 6.73. The molecule has 0 radical (unpaired) electrons. The number of hydrogen-bond donors (Lipinski definition) is 5. The molecule has 2 aromatic rings. The summed E-state index contributed by atoms with van der Waals surface area (Å²) in [5, 5.41) is 21.5. The van der Waals surface area contributed by atoms with E-state index in [0.29, 0.717) is 27.7 Å². The van der Waals surface area contributed by atoms with Crippen molar-refractivity contribution >= 4 is 56.7 Å². The molecule has 0 saturated heterocycles. The average molecular weight is 515 g/mol. The van der Waals surface area contributed by atoms with E-state index >= 15 is 0 Å². The number of thiophene rings is 1. The third kappa shape index (κ3) is 4.55. The minimum absolute atomic E-state index is 0.0532. The van der Waals surface area contributed by atoms with Crippen molar-refractivity contribution in [1.29, 1.82) is 5.41 Å². The molecule has 0 atom stereocenters. The smallest absolute Gasteiger partial charge is 0.346 e. The monoisotopic (exact) mass is 515 g/mol. The van der Waals surface area contributed by atoms with Gasteiger partial charge in [0, 0.05) is 12.2 Å². The quantitative estimate of drug-likeness (QED) is 0.170. The summed E-state index contributed by atoms with van der Waals surface area (Å²) >= 11 is 3.05. The normalized spacial score (nSPS) is 19.1. The van der Waals surface area contributed by atoms with Gasteiger partial charge in [0.25, 0.3) is 0 Å². The standard InChI is InChI=1S/C18H22IN5O3S/c1-9-13(17(24-19)28-14(9)18(25)26)15(21)23-12-3-2-8-22-16(12)27-11-6-4-10(20)5-7-11/h2-3,8,10-11,24H,4-7,20H2,1H3,(H2,21,23)(H,25,26)/t10-,11-. The maximum atomic E-state index is 11.4. The Labute approximate surface area is 180 Å². The number of hydrogen-bond acceptors (Lipinski definition) is 7. The summed E-state index contributed by atoms with van der Waals surface area (Å²) in [7, 11) is 0. The lowest BCUT2D eigenvalue weighted by Crippen LogP contribution is -2.32. The zero-order chi connectivity index (χ0) is 20.3. The van der Waals surface area contributed by atoms with Crippen LogP contribution in [0.25, 0.3) is 0 Å². The molecule has 0 aromatic carbocycles. The number of ether oxygens (including phenoxy) is 1. The number of nitrogens with two attached hydrogens (primary N) is 1. The van der Waals surface area contributed by atoms with E-state index in [-0.39, 0.29) is 22.9 Å². The molecule has 28 heavy (non-hydrogen) atoms. The largest absolute Gasteiger partial charge is 0.477 e. The summed E-state index contributed by atoms with van der Waals surface area (Å²) in [4.78, 5) is 16.0. The van der Waals surface area contributed by atoms with Gasteiger partial charge >= 0.3 is 5.97 Å². The van der Waals surface area contributed by atoms with Crippen LogP contribution < -0.4 is 19.3 Å². The van der Waals surface area contributed by atoms with Crippen molar-refractivity contribution in [2.75, 3.05) is 8.85 Å². The van der Waals surface area contributed by atoms with Gasteiger partial charge in [-0.05, 0) is 50.3 Å². The number of amidine groups is 1. The number of anilines is 2. The van der Waals surface area contributed by atoms with Crippen LogP contribution >= 0.6 is 34.2 Å². The van der Waals surface area contributed by atoms with Crippen molar-refractivity contribution in [3.8, 4) is 5.88 Å². The molecule has 6 N–H and O–H groups in total. The first-order chi connectivity index (χ1) is 13.4. The minimum Gasteiger partial charge on any atom is -0.477 e. The summed E-state index contributed by atoms with van der Waals surface area (Å²) in [5.41, 5.74) is 7.60. The highest BCUT2D eigenvalue weighted by atomic mass is 127. The van der Waals surface area contributed by atoms with Gasteiger partial charge in [0.2, 0.25) is 5.88 Å². The fraction of sp³-hybridized carbons (Fsp3) is 0.389. The van der Waals surface area contributed by atoms with Crippen molar-refractivity contribution in [3.05, 3.63) is 34.3 Å². The van der Waals surface area contributed by atoms with Crippen LogP contribution in [0.2, 0.25) is 0 Å². The number of carboxylic acids is 1. The number of aromatic nitrogens is 1. The second kappa shape index (κ2) is 9.05. The second-order valence-electron chi connectivity index (χ2n) is 6.67. The fourth-order valence-corrected chi connectivity index (χ4v) is 4.77. The highest BCUT2D eigenvalue weighted by Crippen LogP contribution is 2.35. The molecule has 0 aliphatic heterocycles. The topological polar surface area (TPSA) is 133 Å². The van der Waals surface area contributed by atoms with Crippen LogP contribution in [0.1, 0.15) is 46.5 Å². The molecular formula is C18H22IN5O3S. The van der Waals surface area contributed by atoms with Gasteiger partial charge in [0.15, 0.2) is 0 Å². The van der Waals surface area contributed by atoms with E-state index in [1.54, 1.807) is 25.3 Å². The van der Waals surface area contributed by atoms with Crippen molar-refractivity contribution < 1.29 is 14.6 Å². The van der Waals surface area contributed by atoms with Gasteiger partial charge < -0.3 is 24.4 Å². The van der Waals surface area contributed by atoms with Crippen LogP contribution in [-0.4, -0.2) is 34.0 Å². The number of pyridine rings is 1. The van der Waals surface area contributed by atoms with Gasteiger partial charge in [-0.25, -0.2) is 9.78 Å². The van der Waals surface area contributed by atoms with Gasteiger partial charge in [0.1, 0.15) is 27.5 Å². The van der Waals surface area contributed by atoms with E-state index < -0.39 is 5.97 Å². The highest BCUT2D eigenvalue weighted by molar-refractivity contribution is 14.1. The predicted molar refractivity (Wildman–Crippen MR) is 119 cm³/mol. The van der Waals surface area contributed by atoms with Crippen molar-refractivity contribution in [2.45, 2.75) is 44.8 Å². The Morgan fingerprint density at radius 2 is 2.14 bits per heavy atom. The van der Waals surface area contributed by atoms with Crippen LogP contribution in [0.5, 0.6) is 5.88 Å². The maximum Gasteiger partial charge on any atom is 0.346 e. The molecule has 3 rings (SSSR count). The van der Waals surface area contributed by atoms with E-state index in [2.05, 4.69) is 13.8 Å². The van der Waals surface area contributed by atoms with Gasteiger partial charge in [-0.2, -0.15) is 0 Å². The first-order valence-corrected chi connectivity index (χ1v) is 10.8. The molecule has 10 heteroatoms. The summed E-state index contributed by atoms with van der Waals surface area (Å²) in [6.07, 6.45) is 5.30. The fourth-order valence-electron chi connectivity index (χ4n) is 3.23. The summed E-state index contributed by atoms with van der Waals surface area (Å²) in [5.74, 6) is -0.484. The first kappa shape index (κ1) is 20.8. The van der Waals surface area contributed by atoms with Crippen LogP contribution in [0.15, 0.2) is 18.3 Å². The molecule has 0 unspecified atom stereocenters. The van der Waals surface area contributed by atoms with Gasteiger partial charge in [0.05, 0.1) is 28.4 Å². The number of nitrogens with zero attached hydrogens (tertiary/aromatic N) is 1. The zero-order valence-corrected chi connectivity index (χ0v) is 18.3. The predicted octanol–water partition coefficient (Wildman–Crippen LogP) is 4.00. The molecule has 0 bridgehead atoms. The molecule has 1 aliphatic carbocycles. The Morgan fingerprint density at radius 3 is 2.79 bits per heavy atom. The minimum atomic E-state index is -1.00. The summed E-state index contributed by atoms with van der Waals surface area (Å²) in [6.45, 7) is 1.70. The first-order valence-electron chi connectivity index (χ1n) is 8.87. The number of carbonyl (C=O) groups is 1. The summed E-state index contributed by atoms with van der Waals surface area (Å²) < 4.78 is 9.02. The molecule has 8 nitrogen and oxygen atoms in total. The molecule has 0 amide bonds. The van der Waals surface area contributed by atoms with Crippen LogP contribution in [-0.2, 0) is 0 Å². The van der Waals surface area contributed by atoms with Crippen molar-refractivity contribution in [3.63, 3.8) is 0 Å². The van der Waals surface area contributed by atoms with Gasteiger partial charge in [-0.1, -0.05) is 0 Å². The SMILES string of the molecule is Cc1c(C(=O)O)sc(NI)c1C(=N)Nc1cccnc1O[C@H]1CC[C@H](N)CC1. The van der Waals surface area contributed by atoms with Crippen molar-refractivity contribution in [1.82, 2.24) is 4.98 Å². The Morgan fingerprint density at radius 1 is 1.43 bits per heavy atom. The highest BCUT2D eigenvalue weighted by Gasteiger charge is 2.24. The molecule has 1 aliphatic rings. The molecule has 150 valence electrons. The lowest BCUT2D eigenvalue weighted by Gasteiger charge is -2.27. The van der Waals surface area contributed by atoms with E-state index in [1.165, 1.54) is 0 Å². The number of halogens is 1. The number of carboxylic acid groups (broad SMARTS) is 1. The van der Waals surface area contributed by atoms with E-state index in [9.17, 15) is 9.90 Å². The van der Waals surface area contributed by atoms with Crippen LogP contribution in [0, 0.1) is 12.3 Å². The molecule has 2 heterocycles. The van der Waals surface area contributed by atoms with Crippen molar-refractivity contribution in [2.24, 2.45) is 5.73 Å². The third-order valence-corrected chi connectivity index (χ3v) is 6.81. The Hall–Kier alpha value is -1.92. The lowest BCUT2D eigenvalue weighted by molar-refractivity contribution is 0.0701. The number of aromatic carboxylic acids is 1. The molecule has 2 aromatic heterocycles. The maximum absolute atomic E-state index is 11.4.